The Labute approximate surface area is 258 Å². The molecule has 0 amide bonds. The van der Waals surface area contributed by atoms with Gasteiger partial charge in [0.25, 0.3) is 0 Å². The quantitative estimate of drug-likeness (QED) is 0.249. The lowest BCUT2D eigenvalue weighted by molar-refractivity contribution is 0.553. The van der Waals surface area contributed by atoms with Crippen LogP contribution in [0, 0.1) is 0 Å². The molecule has 2 unspecified atom stereocenters. The molecule has 2 atom stereocenters. The van der Waals surface area contributed by atoms with Crippen molar-refractivity contribution in [1.82, 2.24) is 0 Å². The van der Waals surface area contributed by atoms with E-state index in [2.05, 4.69) is 149 Å². The second-order valence-corrected chi connectivity index (χ2v) is 22.1. The first-order valence-electron chi connectivity index (χ1n) is 15.0. The maximum atomic E-state index is 6.39. The van der Waals surface area contributed by atoms with E-state index in [-0.39, 0.29) is 32.5 Å². The Morgan fingerprint density at radius 2 is 0.600 bits per heavy atom. The molecule has 224 valence electrons. The standard InChI is InChI=1S/C37H60P2S/c1-32(2,3)23-19-25(34(7,8)9)29(26(20-23)35(10,11)12)38-31(40)39-30-27(36(13,14)15)21-24(33(4,5)6)22-28(30)37(16,17)18/h19-22,38-39H,1-18H3. The minimum absolute atomic E-state index is 0.0455. The van der Waals surface area contributed by atoms with Crippen molar-refractivity contribution in [3.63, 3.8) is 0 Å². The number of thiocarbonyl (C=S) groups is 1. The molecule has 40 heavy (non-hydrogen) atoms. The van der Waals surface area contributed by atoms with Crippen LogP contribution in [-0.4, -0.2) is 4.35 Å². The third-order valence-corrected chi connectivity index (χ3v) is 11.1. The van der Waals surface area contributed by atoms with Gasteiger partial charge in [0.1, 0.15) is 0 Å². The van der Waals surface area contributed by atoms with E-state index < -0.39 is 0 Å². The lowest BCUT2D eigenvalue weighted by Crippen LogP contribution is -2.32. The Morgan fingerprint density at radius 3 is 0.750 bits per heavy atom. The molecule has 0 aromatic heterocycles. The van der Waals surface area contributed by atoms with E-state index in [1.54, 1.807) is 0 Å². The zero-order chi connectivity index (χ0) is 31.4. The molecule has 0 radical (unpaired) electrons. The molecule has 2 rings (SSSR count). The van der Waals surface area contributed by atoms with Crippen molar-refractivity contribution in [1.29, 1.82) is 0 Å². The van der Waals surface area contributed by atoms with Crippen molar-refractivity contribution in [2.45, 2.75) is 157 Å². The smallest absolute Gasteiger partial charge is 0.0419 e. The van der Waals surface area contributed by atoms with E-state index in [1.165, 1.54) is 48.3 Å². The predicted molar refractivity (Wildman–Crippen MR) is 194 cm³/mol. The van der Waals surface area contributed by atoms with Crippen molar-refractivity contribution >= 4 is 44.3 Å². The molecular formula is C37H60P2S. The van der Waals surface area contributed by atoms with Gasteiger partial charge in [-0.15, -0.1) is 0 Å². The Bertz CT molecular complexity index is 1070. The first-order chi connectivity index (χ1) is 17.5. The van der Waals surface area contributed by atoms with Crippen LogP contribution >= 0.6 is 29.4 Å². The first kappa shape index (κ1) is 35.6. The summed E-state index contributed by atoms with van der Waals surface area (Å²) in [6.45, 7) is 42.3. The van der Waals surface area contributed by atoms with Gasteiger partial charge in [0.2, 0.25) is 0 Å². The molecule has 0 aliphatic carbocycles. The van der Waals surface area contributed by atoms with E-state index >= 15 is 0 Å². The monoisotopic (exact) mass is 598 g/mol. The van der Waals surface area contributed by atoms with Crippen molar-refractivity contribution in [3.8, 4) is 0 Å². The molecule has 0 N–H and O–H groups in total. The molecule has 0 saturated heterocycles. The maximum Gasteiger partial charge on any atom is 0.0419 e. The van der Waals surface area contributed by atoms with Gasteiger partial charge in [0.05, 0.1) is 0 Å². The molecule has 0 aliphatic heterocycles. The highest BCUT2D eigenvalue weighted by Crippen LogP contribution is 2.43. The second kappa shape index (κ2) is 11.5. The highest BCUT2D eigenvalue weighted by atomic mass is 32.1. The van der Waals surface area contributed by atoms with Crippen molar-refractivity contribution in [3.05, 3.63) is 57.6 Å². The number of rotatable bonds is 4. The largest absolute Gasteiger partial charge is 0.0790 e. The molecule has 2 aromatic carbocycles. The lowest BCUT2D eigenvalue weighted by Gasteiger charge is -2.35. The number of benzene rings is 2. The van der Waals surface area contributed by atoms with Crippen LogP contribution in [-0.2, 0) is 32.5 Å². The van der Waals surface area contributed by atoms with Gasteiger partial charge in [-0.2, -0.15) is 0 Å². The first-order valence-corrected chi connectivity index (χ1v) is 17.4. The summed E-state index contributed by atoms with van der Waals surface area (Å²) in [7, 11) is 1.04. The van der Waals surface area contributed by atoms with Crippen molar-refractivity contribution in [2.75, 3.05) is 0 Å². The molecule has 0 nitrogen and oxygen atoms in total. The van der Waals surface area contributed by atoms with Crippen LogP contribution in [0.2, 0.25) is 0 Å². The summed E-state index contributed by atoms with van der Waals surface area (Å²) in [5.74, 6) is 0. The van der Waals surface area contributed by atoms with Gasteiger partial charge in [0.15, 0.2) is 0 Å². The molecule has 0 heterocycles. The summed E-state index contributed by atoms with van der Waals surface area (Å²) in [5, 5.41) is 2.96. The topological polar surface area (TPSA) is 0 Å². The fraction of sp³-hybridized carbons (Fsp3) is 0.649. The lowest BCUT2D eigenvalue weighted by atomic mass is 9.75. The minimum Gasteiger partial charge on any atom is -0.0790 e. The zero-order valence-corrected chi connectivity index (χ0v) is 32.0. The Morgan fingerprint density at radius 1 is 0.400 bits per heavy atom. The molecule has 0 saturated carbocycles. The third-order valence-electron chi connectivity index (χ3n) is 7.72. The summed E-state index contributed by atoms with van der Waals surface area (Å²) in [4.78, 5) is 0. The van der Waals surface area contributed by atoms with Gasteiger partial charge < -0.3 is 0 Å². The van der Waals surface area contributed by atoms with Gasteiger partial charge in [-0.05, 0) is 93.6 Å². The van der Waals surface area contributed by atoms with E-state index in [0.29, 0.717) is 17.2 Å². The zero-order valence-electron chi connectivity index (χ0n) is 29.2. The Balaban J connectivity index is 2.81. The molecule has 0 aliphatic rings. The van der Waals surface area contributed by atoms with Gasteiger partial charge in [-0.25, -0.2) is 0 Å². The van der Waals surface area contributed by atoms with E-state index in [1.807, 2.05) is 0 Å². The molecule has 0 spiro atoms. The fourth-order valence-electron chi connectivity index (χ4n) is 5.04. The normalized spacial score (nSPS) is 14.7. The van der Waals surface area contributed by atoms with Crippen molar-refractivity contribution in [2.24, 2.45) is 0 Å². The summed E-state index contributed by atoms with van der Waals surface area (Å²) in [6, 6.07) is 9.95. The molecule has 0 bridgehead atoms. The molecule has 2 aromatic rings. The van der Waals surface area contributed by atoms with Gasteiger partial charge in [-0.1, -0.05) is 161 Å². The summed E-state index contributed by atoms with van der Waals surface area (Å²) in [6.07, 6.45) is 0. The SMILES string of the molecule is CC(C)(C)c1cc(C(C)(C)C)c(PC(=S)Pc2c(C(C)(C)C)cc(C(C)(C)C)cc2C(C)(C)C)c(C(C)(C)C)c1. The van der Waals surface area contributed by atoms with Crippen LogP contribution in [0.1, 0.15) is 158 Å². The van der Waals surface area contributed by atoms with Crippen LogP contribution in [0.15, 0.2) is 24.3 Å². The summed E-state index contributed by atoms with van der Waals surface area (Å²) in [5.41, 5.74) is 9.08. The Kier molecular flexibility index (Phi) is 10.2. The van der Waals surface area contributed by atoms with E-state index in [4.69, 9.17) is 12.2 Å². The molecular weight excluding hydrogens is 538 g/mol. The average Bonchev–Trinajstić information content (AvgIpc) is 2.68. The van der Waals surface area contributed by atoms with Gasteiger partial charge in [-0.3, -0.25) is 0 Å². The highest BCUT2D eigenvalue weighted by molar-refractivity contribution is 8.12. The summed E-state index contributed by atoms with van der Waals surface area (Å²) < 4.78 is 1.19. The van der Waals surface area contributed by atoms with Gasteiger partial charge in [0, 0.05) is 4.35 Å². The average molecular weight is 599 g/mol. The highest BCUT2D eigenvalue weighted by Gasteiger charge is 2.32. The van der Waals surface area contributed by atoms with Crippen LogP contribution in [0.5, 0.6) is 0 Å². The van der Waals surface area contributed by atoms with Crippen LogP contribution < -0.4 is 10.6 Å². The fourth-order valence-corrected chi connectivity index (χ4v) is 9.44. The molecule has 0 fully saturated rings. The van der Waals surface area contributed by atoms with E-state index in [0.717, 1.165) is 0 Å². The number of hydrogen-bond donors (Lipinski definition) is 0. The summed E-state index contributed by atoms with van der Waals surface area (Å²) >= 11 is 6.39. The maximum absolute atomic E-state index is 6.39. The van der Waals surface area contributed by atoms with Crippen LogP contribution in [0.25, 0.3) is 0 Å². The van der Waals surface area contributed by atoms with Crippen LogP contribution in [0.3, 0.4) is 0 Å². The molecule has 3 heteroatoms. The van der Waals surface area contributed by atoms with Gasteiger partial charge >= 0.3 is 0 Å². The third kappa shape index (κ3) is 8.71. The number of hydrogen-bond acceptors (Lipinski definition) is 1. The van der Waals surface area contributed by atoms with Crippen molar-refractivity contribution < 1.29 is 0 Å². The minimum atomic E-state index is 0.0455. The van der Waals surface area contributed by atoms with Crippen LogP contribution in [0.4, 0.5) is 0 Å². The predicted octanol–water partition coefficient (Wildman–Crippen LogP) is 11.1. The van der Waals surface area contributed by atoms with E-state index in [9.17, 15) is 0 Å². The Hall–Kier alpha value is -0.610. The second-order valence-electron chi connectivity index (χ2n) is 18.0.